The lowest BCUT2D eigenvalue weighted by Crippen LogP contribution is -2.33. The number of aliphatic imine (C=N–C) groups is 1. The van der Waals surface area contributed by atoms with Crippen molar-refractivity contribution in [1.82, 2.24) is 4.90 Å². The maximum atomic E-state index is 5.93. The molecule has 1 aliphatic heterocycles. The van der Waals surface area contributed by atoms with Gasteiger partial charge in [0.2, 0.25) is 0 Å². The van der Waals surface area contributed by atoms with Crippen molar-refractivity contribution < 1.29 is 4.74 Å². The van der Waals surface area contributed by atoms with Crippen LogP contribution in [0.4, 0.5) is 5.69 Å². The summed E-state index contributed by atoms with van der Waals surface area (Å²) in [7, 11) is 1.66. The summed E-state index contributed by atoms with van der Waals surface area (Å²) < 4.78 is 5.13. The predicted molar refractivity (Wildman–Crippen MR) is 108 cm³/mol. The maximum absolute atomic E-state index is 5.93. The van der Waals surface area contributed by atoms with E-state index in [4.69, 9.17) is 10.5 Å². The van der Waals surface area contributed by atoms with Gasteiger partial charge in [-0.15, -0.1) is 24.0 Å². The van der Waals surface area contributed by atoms with Crippen molar-refractivity contribution in [2.24, 2.45) is 16.6 Å². The molecule has 130 valence electrons. The Morgan fingerprint density at radius 3 is 2.52 bits per heavy atom. The van der Waals surface area contributed by atoms with Crippen LogP contribution in [0.25, 0.3) is 0 Å². The highest BCUT2D eigenvalue weighted by molar-refractivity contribution is 14.0. The molecule has 0 spiro atoms. The largest absolute Gasteiger partial charge is 0.497 e. The van der Waals surface area contributed by atoms with E-state index in [0.29, 0.717) is 5.96 Å². The molecule has 1 aliphatic rings. The van der Waals surface area contributed by atoms with Crippen molar-refractivity contribution in [2.75, 3.05) is 38.6 Å². The number of rotatable bonds is 6. The van der Waals surface area contributed by atoms with Crippen molar-refractivity contribution in [3.63, 3.8) is 0 Å². The molecule has 3 N–H and O–H groups in total. The molecule has 0 amide bonds. The summed E-state index contributed by atoms with van der Waals surface area (Å²) in [4.78, 5) is 6.95. The van der Waals surface area contributed by atoms with E-state index in [1.807, 2.05) is 24.3 Å². The second-order valence-corrected chi connectivity index (χ2v) is 5.79. The van der Waals surface area contributed by atoms with E-state index in [1.165, 1.54) is 32.5 Å². The standard InChI is InChI=1S/C17H28N4O.HI/c1-3-21-12-9-14(10-13-21)8-11-19-17(18)20-15-4-6-16(22-2)7-5-15;/h4-7,14H,3,8-13H2,1-2H3,(H3,18,19,20);1H. The topological polar surface area (TPSA) is 62.9 Å². The SMILES string of the molecule is CCN1CCC(CCN=C(N)Nc2ccc(OC)cc2)CC1.I. The van der Waals surface area contributed by atoms with E-state index in [0.717, 1.165) is 30.3 Å². The van der Waals surface area contributed by atoms with Crippen LogP contribution in [0, 0.1) is 5.92 Å². The Balaban J connectivity index is 0.00000264. The third-order valence-corrected chi connectivity index (χ3v) is 4.34. The summed E-state index contributed by atoms with van der Waals surface area (Å²) in [6.45, 7) is 6.65. The van der Waals surface area contributed by atoms with Crippen LogP contribution in [-0.2, 0) is 0 Å². The van der Waals surface area contributed by atoms with Crippen molar-refractivity contribution in [3.8, 4) is 5.75 Å². The van der Waals surface area contributed by atoms with E-state index in [2.05, 4.69) is 22.1 Å². The third kappa shape index (κ3) is 6.95. The van der Waals surface area contributed by atoms with E-state index in [9.17, 15) is 0 Å². The monoisotopic (exact) mass is 432 g/mol. The zero-order valence-electron chi connectivity index (χ0n) is 14.1. The van der Waals surface area contributed by atoms with Gasteiger partial charge in [0.15, 0.2) is 5.96 Å². The van der Waals surface area contributed by atoms with E-state index in [1.54, 1.807) is 7.11 Å². The Morgan fingerprint density at radius 2 is 1.96 bits per heavy atom. The Labute approximate surface area is 156 Å². The fraction of sp³-hybridized carbons (Fsp3) is 0.588. The Morgan fingerprint density at radius 1 is 1.30 bits per heavy atom. The Hall–Kier alpha value is -1.02. The van der Waals surface area contributed by atoms with E-state index in [-0.39, 0.29) is 24.0 Å². The molecular formula is C17H29IN4O. The zero-order valence-corrected chi connectivity index (χ0v) is 16.5. The summed E-state index contributed by atoms with van der Waals surface area (Å²) in [5, 5.41) is 3.11. The van der Waals surface area contributed by atoms with Gasteiger partial charge in [-0.3, -0.25) is 4.99 Å². The molecule has 0 aliphatic carbocycles. The van der Waals surface area contributed by atoms with Gasteiger partial charge in [-0.1, -0.05) is 6.92 Å². The molecule has 5 nitrogen and oxygen atoms in total. The van der Waals surface area contributed by atoms with Crippen LogP contribution >= 0.6 is 24.0 Å². The second kappa shape index (κ2) is 10.7. The third-order valence-electron chi connectivity index (χ3n) is 4.34. The number of methoxy groups -OCH3 is 1. The van der Waals surface area contributed by atoms with Crippen molar-refractivity contribution in [1.29, 1.82) is 0 Å². The van der Waals surface area contributed by atoms with Crippen LogP contribution in [0.5, 0.6) is 5.75 Å². The molecule has 1 fully saturated rings. The first-order valence-electron chi connectivity index (χ1n) is 8.14. The van der Waals surface area contributed by atoms with E-state index < -0.39 is 0 Å². The zero-order chi connectivity index (χ0) is 15.8. The number of hydrogen-bond acceptors (Lipinski definition) is 3. The molecule has 1 aromatic rings. The molecule has 6 heteroatoms. The van der Waals surface area contributed by atoms with Gasteiger partial charge in [-0.25, -0.2) is 0 Å². The molecule has 0 aromatic heterocycles. The summed E-state index contributed by atoms with van der Waals surface area (Å²) in [5.74, 6) is 2.11. The van der Waals surface area contributed by atoms with Gasteiger partial charge >= 0.3 is 0 Å². The van der Waals surface area contributed by atoms with Gasteiger partial charge in [-0.2, -0.15) is 0 Å². The quantitative estimate of drug-likeness (QED) is 0.412. The summed E-state index contributed by atoms with van der Waals surface area (Å²) in [6.07, 6.45) is 3.70. The number of ether oxygens (including phenoxy) is 1. The minimum absolute atomic E-state index is 0. The van der Waals surface area contributed by atoms with Crippen LogP contribution in [0.2, 0.25) is 0 Å². The van der Waals surface area contributed by atoms with Gasteiger partial charge in [-0.05, 0) is 69.1 Å². The summed E-state index contributed by atoms with van der Waals surface area (Å²) in [6, 6.07) is 7.66. The number of nitrogens with zero attached hydrogens (tertiary/aromatic N) is 2. The number of nitrogens with two attached hydrogens (primary N) is 1. The predicted octanol–water partition coefficient (Wildman–Crippen LogP) is 3.16. The highest BCUT2D eigenvalue weighted by Gasteiger charge is 2.17. The van der Waals surface area contributed by atoms with Gasteiger partial charge in [0.05, 0.1) is 7.11 Å². The molecule has 1 saturated heterocycles. The number of piperidine rings is 1. The maximum Gasteiger partial charge on any atom is 0.193 e. The fourth-order valence-corrected chi connectivity index (χ4v) is 2.82. The summed E-state index contributed by atoms with van der Waals surface area (Å²) in [5.41, 5.74) is 6.86. The average molecular weight is 432 g/mol. The molecule has 23 heavy (non-hydrogen) atoms. The number of benzene rings is 1. The lowest BCUT2D eigenvalue weighted by atomic mass is 9.94. The Kier molecular flexibility index (Phi) is 9.31. The minimum Gasteiger partial charge on any atom is -0.497 e. The highest BCUT2D eigenvalue weighted by Crippen LogP contribution is 2.20. The van der Waals surface area contributed by atoms with E-state index >= 15 is 0 Å². The molecule has 0 radical (unpaired) electrons. The first-order chi connectivity index (χ1) is 10.7. The van der Waals surface area contributed by atoms with Crippen molar-refractivity contribution >= 4 is 35.6 Å². The number of anilines is 1. The molecule has 2 rings (SSSR count). The Bertz CT molecular complexity index is 470. The van der Waals surface area contributed by atoms with Crippen LogP contribution in [0.3, 0.4) is 0 Å². The fourth-order valence-electron chi connectivity index (χ4n) is 2.82. The molecule has 0 atom stereocenters. The number of halogens is 1. The van der Waals surface area contributed by atoms with Crippen molar-refractivity contribution in [2.45, 2.75) is 26.2 Å². The first kappa shape index (κ1) is 20.0. The van der Waals surface area contributed by atoms with Gasteiger partial charge in [0.1, 0.15) is 5.75 Å². The lowest BCUT2D eigenvalue weighted by Gasteiger charge is -2.30. The average Bonchev–Trinajstić information content (AvgIpc) is 2.56. The van der Waals surface area contributed by atoms with Crippen LogP contribution in [-0.4, -0.2) is 44.1 Å². The minimum atomic E-state index is 0. The first-order valence-corrected chi connectivity index (χ1v) is 8.14. The number of likely N-dealkylation sites (tertiary alicyclic amines) is 1. The molecule has 0 unspecified atom stereocenters. The van der Waals surface area contributed by atoms with Gasteiger partial charge < -0.3 is 20.7 Å². The second-order valence-electron chi connectivity index (χ2n) is 5.79. The number of guanidine groups is 1. The lowest BCUT2D eigenvalue weighted by molar-refractivity contribution is 0.188. The smallest absolute Gasteiger partial charge is 0.193 e. The van der Waals surface area contributed by atoms with Crippen molar-refractivity contribution in [3.05, 3.63) is 24.3 Å². The van der Waals surface area contributed by atoms with Crippen LogP contribution < -0.4 is 15.8 Å². The highest BCUT2D eigenvalue weighted by atomic mass is 127. The normalized spacial score (nSPS) is 16.7. The summed E-state index contributed by atoms with van der Waals surface area (Å²) >= 11 is 0. The number of hydrogen-bond donors (Lipinski definition) is 2. The molecular weight excluding hydrogens is 403 g/mol. The molecule has 0 saturated carbocycles. The van der Waals surface area contributed by atoms with Gasteiger partial charge in [0.25, 0.3) is 0 Å². The molecule has 0 bridgehead atoms. The van der Waals surface area contributed by atoms with Crippen LogP contribution in [0.15, 0.2) is 29.3 Å². The molecule has 1 aromatic carbocycles. The molecule has 1 heterocycles. The number of nitrogens with one attached hydrogen (secondary N) is 1. The van der Waals surface area contributed by atoms with Gasteiger partial charge in [0, 0.05) is 12.2 Å². The van der Waals surface area contributed by atoms with Crippen LogP contribution in [0.1, 0.15) is 26.2 Å².